The lowest BCUT2D eigenvalue weighted by Gasteiger charge is -2.36. The van der Waals surface area contributed by atoms with E-state index in [-0.39, 0.29) is 17.5 Å². The Morgan fingerprint density at radius 1 is 1.08 bits per heavy atom. The normalized spacial score (nSPS) is 17.4. The Hall–Kier alpha value is -3.60. The monoisotopic (exact) mass is 494 g/mol. The number of hydrogen-bond acceptors (Lipinski definition) is 8. The summed E-state index contributed by atoms with van der Waals surface area (Å²) in [6.07, 6.45) is 8.07. The molecule has 1 saturated carbocycles. The van der Waals surface area contributed by atoms with Crippen molar-refractivity contribution >= 4 is 23.4 Å². The van der Waals surface area contributed by atoms with Crippen LogP contribution in [0.3, 0.4) is 0 Å². The van der Waals surface area contributed by atoms with Gasteiger partial charge in [-0.05, 0) is 38.8 Å². The summed E-state index contributed by atoms with van der Waals surface area (Å²) >= 11 is 0. The zero-order valence-electron chi connectivity index (χ0n) is 20.6. The van der Waals surface area contributed by atoms with E-state index in [2.05, 4.69) is 34.7 Å². The Labute approximate surface area is 209 Å². The van der Waals surface area contributed by atoms with E-state index < -0.39 is 11.9 Å². The van der Waals surface area contributed by atoms with Crippen LogP contribution < -0.4 is 10.2 Å². The van der Waals surface area contributed by atoms with Crippen LogP contribution in [0.25, 0.3) is 11.4 Å². The third-order valence-corrected chi connectivity index (χ3v) is 6.96. The Morgan fingerprint density at radius 2 is 1.83 bits per heavy atom. The maximum atomic E-state index is 14.8. The molecular weight excluding hydrogens is 463 g/mol. The molecule has 2 N–H and O–H groups in total. The van der Waals surface area contributed by atoms with Gasteiger partial charge in [-0.25, -0.2) is 24.3 Å². The number of carbonyl (C=O) groups is 1. The van der Waals surface area contributed by atoms with Crippen LogP contribution in [-0.2, 0) is 4.79 Å². The number of nitrogens with zero attached hydrogens (tertiary/aromatic N) is 7. The number of carbonyl (C=O) groups excluding carboxylic acids is 1. The Bertz CT molecular complexity index is 1220. The first-order chi connectivity index (χ1) is 17.4. The van der Waals surface area contributed by atoms with Gasteiger partial charge in [0.05, 0.1) is 30.0 Å². The van der Waals surface area contributed by atoms with E-state index in [0.717, 1.165) is 37.2 Å². The average molecular weight is 495 g/mol. The van der Waals surface area contributed by atoms with Crippen molar-refractivity contribution in [3.63, 3.8) is 0 Å². The molecule has 11 heteroatoms. The van der Waals surface area contributed by atoms with Gasteiger partial charge in [0.15, 0.2) is 5.82 Å². The van der Waals surface area contributed by atoms with Gasteiger partial charge in [-0.2, -0.15) is 0 Å². The predicted octanol–water partition coefficient (Wildman–Crippen LogP) is 3.07. The van der Waals surface area contributed by atoms with Crippen molar-refractivity contribution < 1.29 is 14.3 Å². The van der Waals surface area contributed by atoms with E-state index in [1.165, 1.54) is 13.1 Å². The van der Waals surface area contributed by atoms with E-state index in [0.29, 0.717) is 43.7 Å². The largest absolute Gasteiger partial charge is 0.384 e. The number of aryl methyl sites for hydroxylation is 1. The molecule has 1 saturated heterocycles. The molecular formula is C25H31FN8O2. The number of amides is 1. The molecule has 0 aromatic carbocycles. The van der Waals surface area contributed by atoms with Crippen LogP contribution in [0.2, 0.25) is 0 Å². The molecule has 2 fully saturated rings. The molecule has 4 heterocycles. The summed E-state index contributed by atoms with van der Waals surface area (Å²) in [7, 11) is 0. The van der Waals surface area contributed by atoms with Crippen LogP contribution in [-0.4, -0.2) is 72.7 Å². The molecule has 1 amide bonds. The van der Waals surface area contributed by atoms with Gasteiger partial charge in [0.2, 0.25) is 5.95 Å². The Morgan fingerprint density at radius 3 is 2.50 bits per heavy atom. The summed E-state index contributed by atoms with van der Waals surface area (Å²) in [5.74, 6) is 0.926. The third-order valence-electron chi connectivity index (χ3n) is 6.96. The number of anilines is 3. The number of pyridine rings is 1. The number of nitrogens with one attached hydrogen (secondary N) is 1. The summed E-state index contributed by atoms with van der Waals surface area (Å²) in [6.45, 7) is 5.84. The molecule has 3 aromatic rings. The fourth-order valence-corrected chi connectivity index (χ4v) is 5.07. The van der Waals surface area contributed by atoms with Gasteiger partial charge >= 0.3 is 0 Å². The van der Waals surface area contributed by atoms with E-state index in [1.807, 2.05) is 19.1 Å². The molecule has 2 aliphatic rings. The molecule has 10 nitrogen and oxygen atoms in total. The summed E-state index contributed by atoms with van der Waals surface area (Å²) in [5, 5.41) is 12.6. The molecule has 0 unspecified atom stereocenters. The number of imidazole rings is 1. The average Bonchev–Trinajstić information content (AvgIpc) is 3.55. The highest BCUT2D eigenvalue weighted by molar-refractivity contribution is 5.80. The molecule has 1 atom stereocenters. The molecule has 5 rings (SSSR count). The van der Waals surface area contributed by atoms with Crippen molar-refractivity contribution in [1.82, 2.24) is 29.4 Å². The SMILES string of the molecule is Cc1ncc(-c2nc(Nc3ccc(N4CCN(C(=O)[C@H](C)O)CC4)cn3)ncc2F)n1C1CCCC1. The maximum Gasteiger partial charge on any atom is 0.251 e. The standard InChI is InChI=1S/C25H31FN8O2/c1-16(35)24(36)33-11-9-32(10-12-33)19-7-8-22(28-13-19)30-25-29-14-20(26)23(31-25)21-15-27-17(2)34(21)18-5-3-4-6-18/h7-8,13-16,18,35H,3-6,9-12H2,1-2H3,(H,28,29,30,31)/t16-/m0/s1. The number of halogens is 1. The van der Waals surface area contributed by atoms with Crippen molar-refractivity contribution in [2.45, 2.75) is 51.7 Å². The van der Waals surface area contributed by atoms with Crippen LogP contribution in [0.15, 0.2) is 30.7 Å². The van der Waals surface area contributed by atoms with Gasteiger partial charge in [-0.15, -0.1) is 0 Å². The molecule has 36 heavy (non-hydrogen) atoms. The van der Waals surface area contributed by atoms with Gasteiger partial charge in [-0.3, -0.25) is 4.79 Å². The van der Waals surface area contributed by atoms with E-state index in [4.69, 9.17) is 0 Å². The third kappa shape index (κ3) is 4.88. The minimum atomic E-state index is -0.981. The zero-order chi connectivity index (χ0) is 25.2. The van der Waals surface area contributed by atoms with Crippen LogP contribution in [0.5, 0.6) is 0 Å². The molecule has 0 bridgehead atoms. The fraction of sp³-hybridized carbons (Fsp3) is 0.480. The van der Waals surface area contributed by atoms with Crippen molar-refractivity contribution in [2.24, 2.45) is 0 Å². The quantitative estimate of drug-likeness (QED) is 0.538. The minimum absolute atomic E-state index is 0.223. The maximum absolute atomic E-state index is 14.8. The molecule has 1 aliphatic carbocycles. The molecule has 3 aromatic heterocycles. The van der Waals surface area contributed by atoms with Gasteiger partial charge in [0.1, 0.15) is 23.4 Å². The first-order valence-electron chi connectivity index (χ1n) is 12.4. The van der Waals surface area contributed by atoms with Gasteiger partial charge in [-0.1, -0.05) is 12.8 Å². The van der Waals surface area contributed by atoms with Crippen LogP contribution in [0.1, 0.15) is 44.5 Å². The number of hydrogen-bond donors (Lipinski definition) is 2. The molecule has 0 radical (unpaired) electrons. The van der Waals surface area contributed by atoms with E-state index in [1.54, 1.807) is 17.3 Å². The van der Waals surface area contributed by atoms with Gasteiger partial charge in [0, 0.05) is 32.2 Å². The molecule has 190 valence electrons. The lowest BCUT2D eigenvalue weighted by atomic mass is 10.2. The van der Waals surface area contributed by atoms with E-state index >= 15 is 0 Å². The fourth-order valence-electron chi connectivity index (χ4n) is 5.07. The highest BCUT2D eigenvalue weighted by Gasteiger charge is 2.25. The first-order valence-corrected chi connectivity index (χ1v) is 12.4. The second kappa shape index (κ2) is 10.2. The lowest BCUT2D eigenvalue weighted by Crippen LogP contribution is -2.51. The van der Waals surface area contributed by atoms with Crippen molar-refractivity contribution in [3.8, 4) is 11.4 Å². The minimum Gasteiger partial charge on any atom is -0.384 e. The summed E-state index contributed by atoms with van der Waals surface area (Å²) in [6, 6.07) is 4.07. The van der Waals surface area contributed by atoms with Crippen LogP contribution >= 0.6 is 0 Å². The number of aliphatic hydroxyl groups is 1. The Kier molecular flexibility index (Phi) is 6.82. The summed E-state index contributed by atoms with van der Waals surface area (Å²) in [4.78, 5) is 33.3. The van der Waals surface area contributed by atoms with Crippen molar-refractivity contribution in [3.05, 3.63) is 42.4 Å². The first kappa shape index (κ1) is 24.1. The van der Waals surface area contributed by atoms with Crippen LogP contribution in [0.4, 0.5) is 21.8 Å². The van der Waals surface area contributed by atoms with Crippen LogP contribution in [0, 0.1) is 12.7 Å². The highest BCUT2D eigenvalue weighted by Crippen LogP contribution is 2.35. The molecule has 1 aliphatic heterocycles. The second-order valence-corrected chi connectivity index (χ2v) is 9.40. The second-order valence-electron chi connectivity index (χ2n) is 9.40. The summed E-state index contributed by atoms with van der Waals surface area (Å²) in [5.41, 5.74) is 1.82. The zero-order valence-corrected chi connectivity index (χ0v) is 20.6. The summed E-state index contributed by atoms with van der Waals surface area (Å²) < 4.78 is 16.9. The van der Waals surface area contributed by atoms with E-state index in [9.17, 15) is 14.3 Å². The number of piperazine rings is 1. The topological polar surface area (TPSA) is 112 Å². The number of rotatable bonds is 6. The lowest BCUT2D eigenvalue weighted by molar-refractivity contribution is -0.139. The predicted molar refractivity (Wildman–Crippen MR) is 133 cm³/mol. The smallest absolute Gasteiger partial charge is 0.251 e. The van der Waals surface area contributed by atoms with Crippen molar-refractivity contribution in [2.75, 3.05) is 36.4 Å². The highest BCUT2D eigenvalue weighted by atomic mass is 19.1. The number of aromatic nitrogens is 5. The van der Waals surface area contributed by atoms with Gasteiger partial charge < -0.3 is 24.8 Å². The Balaban J connectivity index is 1.28. The molecule has 0 spiro atoms. The van der Waals surface area contributed by atoms with Gasteiger partial charge in [0.25, 0.3) is 5.91 Å². The number of aliphatic hydroxyl groups excluding tert-OH is 1. The van der Waals surface area contributed by atoms with Crippen molar-refractivity contribution in [1.29, 1.82) is 0 Å².